The first-order valence-corrected chi connectivity index (χ1v) is 6.03. The van der Waals surface area contributed by atoms with Crippen LogP contribution in [0.4, 0.5) is 13.2 Å². The van der Waals surface area contributed by atoms with Crippen molar-refractivity contribution >= 4 is 18.3 Å². The van der Waals surface area contributed by atoms with Gasteiger partial charge in [-0.25, -0.2) is 0 Å². The molecule has 8 heteroatoms. The van der Waals surface area contributed by atoms with Crippen LogP contribution < -0.4 is 11.1 Å². The second-order valence-electron chi connectivity index (χ2n) is 4.28. The van der Waals surface area contributed by atoms with Crippen molar-refractivity contribution in [1.82, 2.24) is 5.32 Å². The highest BCUT2D eigenvalue weighted by Crippen LogP contribution is 2.30. The van der Waals surface area contributed by atoms with Crippen molar-refractivity contribution < 1.29 is 22.7 Å². The number of alkyl halides is 3. The predicted molar refractivity (Wildman–Crippen MR) is 75.1 cm³/mol. The van der Waals surface area contributed by atoms with Crippen LogP contribution in [-0.4, -0.2) is 26.2 Å². The zero-order valence-corrected chi connectivity index (χ0v) is 12.3. The first kappa shape index (κ1) is 19.7. The fraction of sp³-hybridized carbons (Fsp3) is 0.462. The molecule has 0 aromatic heterocycles. The Kier molecular flexibility index (Phi) is 8.31. The van der Waals surface area contributed by atoms with E-state index in [-0.39, 0.29) is 30.3 Å². The van der Waals surface area contributed by atoms with Crippen LogP contribution in [-0.2, 0) is 15.7 Å². The number of amides is 1. The van der Waals surface area contributed by atoms with Gasteiger partial charge in [0.2, 0.25) is 5.91 Å². The summed E-state index contributed by atoms with van der Waals surface area (Å²) in [5.41, 5.74) is 5.26. The summed E-state index contributed by atoms with van der Waals surface area (Å²) in [4.78, 5) is 11.5. The van der Waals surface area contributed by atoms with Gasteiger partial charge >= 0.3 is 6.18 Å². The van der Waals surface area contributed by atoms with Gasteiger partial charge in [-0.2, -0.15) is 13.2 Å². The molecule has 0 unspecified atom stereocenters. The molecule has 0 saturated carbocycles. The zero-order chi connectivity index (χ0) is 15.2. The number of nitrogens with one attached hydrogen (secondary N) is 1. The first-order valence-electron chi connectivity index (χ1n) is 6.03. The van der Waals surface area contributed by atoms with Crippen molar-refractivity contribution in [3.05, 3.63) is 35.4 Å². The van der Waals surface area contributed by atoms with Gasteiger partial charge in [0.15, 0.2) is 0 Å². The average molecular weight is 327 g/mol. The Labute approximate surface area is 127 Å². The highest BCUT2D eigenvalue weighted by Gasteiger charge is 2.30. The lowest BCUT2D eigenvalue weighted by atomic mass is 10.0. The summed E-state index contributed by atoms with van der Waals surface area (Å²) >= 11 is 0. The maximum atomic E-state index is 12.6. The summed E-state index contributed by atoms with van der Waals surface area (Å²) in [6, 6.07) is 3.91. The van der Waals surface area contributed by atoms with Gasteiger partial charge in [-0.15, -0.1) is 12.4 Å². The van der Waals surface area contributed by atoms with E-state index in [4.69, 9.17) is 10.5 Å². The number of carbonyl (C=O) groups is 1. The number of rotatable bonds is 6. The fourth-order valence-corrected chi connectivity index (χ4v) is 1.63. The normalized spacial score (nSPS) is 12.4. The Bertz CT molecular complexity index is 455. The van der Waals surface area contributed by atoms with E-state index in [0.29, 0.717) is 13.2 Å². The smallest absolute Gasteiger partial charge is 0.383 e. The second-order valence-corrected chi connectivity index (χ2v) is 4.28. The Morgan fingerprint density at radius 3 is 2.67 bits per heavy atom. The number of hydrogen-bond acceptors (Lipinski definition) is 3. The monoisotopic (exact) mass is 326 g/mol. The molecule has 1 aromatic rings. The van der Waals surface area contributed by atoms with Gasteiger partial charge in [0.1, 0.15) is 0 Å². The number of hydrogen-bond donors (Lipinski definition) is 2. The Morgan fingerprint density at radius 1 is 1.43 bits per heavy atom. The molecule has 4 nitrogen and oxygen atoms in total. The lowest BCUT2D eigenvalue weighted by Gasteiger charge is -2.14. The molecule has 1 rings (SSSR count). The lowest BCUT2D eigenvalue weighted by molar-refractivity contribution is -0.137. The van der Waals surface area contributed by atoms with Gasteiger partial charge in [0.05, 0.1) is 12.2 Å². The molecule has 0 fully saturated rings. The van der Waals surface area contributed by atoms with Crippen LogP contribution in [0.25, 0.3) is 0 Å². The number of benzene rings is 1. The third-order valence-corrected chi connectivity index (χ3v) is 2.68. The maximum absolute atomic E-state index is 12.6. The van der Waals surface area contributed by atoms with Crippen LogP contribution in [0.2, 0.25) is 0 Å². The van der Waals surface area contributed by atoms with E-state index < -0.39 is 17.8 Å². The number of carbonyl (C=O) groups excluding carboxylic acids is 1. The van der Waals surface area contributed by atoms with E-state index in [1.54, 1.807) is 0 Å². The third kappa shape index (κ3) is 6.79. The van der Waals surface area contributed by atoms with Crippen LogP contribution >= 0.6 is 12.4 Å². The second kappa shape index (κ2) is 8.86. The third-order valence-electron chi connectivity index (χ3n) is 2.68. The van der Waals surface area contributed by atoms with E-state index >= 15 is 0 Å². The number of nitrogens with two attached hydrogens (primary N) is 1. The molecule has 0 aliphatic heterocycles. The van der Waals surface area contributed by atoms with Crippen molar-refractivity contribution in [2.45, 2.75) is 18.6 Å². The fourth-order valence-electron chi connectivity index (χ4n) is 1.63. The Hall–Kier alpha value is -1.31. The van der Waals surface area contributed by atoms with Gasteiger partial charge < -0.3 is 15.8 Å². The number of ether oxygens (including phenoxy) is 1. The van der Waals surface area contributed by atoms with Crippen molar-refractivity contribution in [2.75, 3.05) is 20.3 Å². The van der Waals surface area contributed by atoms with E-state index in [2.05, 4.69) is 5.32 Å². The first-order chi connectivity index (χ1) is 9.34. The van der Waals surface area contributed by atoms with Gasteiger partial charge in [-0.3, -0.25) is 4.79 Å². The maximum Gasteiger partial charge on any atom is 0.416 e. The predicted octanol–water partition coefficient (Wildman–Crippen LogP) is 2.28. The molecule has 1 atom stereocenters. The molecule has 0 radical (unpaired) electrons. The van der Waals surface area contributed by atoms with Crippen molar-refractivity contribution in [3.63, 3.8) is 0 Å². The minimum Gasteiger partial charge on any atom is -0.383 e. The summed E-state index contributed by atoms with van der Waals surface area (Å²) in [7, 11) is 1.50. The standard InChI is InChI=1S/C13H17F3N2O2.ClH/c1-20-6-5-18-12(19)8-11(17)9-3-2-4-10(7-9)13(14,15)16;/h2-4,7,11H,5-6,8,17H2,1H3,(H,18,19);1H/t11-;/m0./s1. The molecule has 0 aliphatic carbocycles. The molecule has 0 aliphatic rings. The lowest BCUT2D eigenvalue weighted by Crippen LogP contribution is -2.30. The minimum absolute atomic E-state index is 0. The molecule has 1 amide bonds. The summed E-state index contributed by atoms with van der Waals surface area (Å²) in [5, 5.41) is 2.56. The van der Waals surface area contributed by atoms with Crippen LogP contribution in [0, 0.1) is 0 Å². The Balaban J connectivity index is 0.00000400. The molecule has 0 bridgehead atoms. The minimum atomic E-state index is -4.42. The summed E-state index contributed by atoms with van der Waals surface area (Å²) in [6.07, 6.45) is -4.50. The summed E-state index contributed by atoms with van der Waals surface area (Å²) in [6.45, 7) is 0.704. The van der Waals surface area contributed by atoms with E-state index in [0.717, 1.165) is 12.1 Å². The van der Waals surface area contributed by atoms with Crippen LogP contribution in [0.3, 0.4) is 0 Å². The quantitative estimate of drug-likeness (QED) is 0.788. The van der Waals surface area contributed by atoms with Gasteiger partial charge in [0.25, 0.3) is 0 Å². The van der Waals surface area contributed by atoms with Gasteiger partial charge in [-0.05, 0) is 17.7 Å². The molecule has 21 heavy (non-hydrogen) atoms. The van der Waals surface area contributed by atoms with Crippen LogP contribution in [0.1, 0.15) is 23.6 Å². The van der Waals surface area contributed by atoms with Crippen molar-refractivity contribution in [1.29, 1.82) is 0 Å². The van der Waals surface area contributed by atoms with Gasteiger partial charge in [0, 0.05) is 26.1 Å². The van der Waals surface area contributed by atoms with Crippen molar-refractivity contribution in [3.8, 4) is 0 Å². The van der Waals surface area contributed by atoms with Gasteiger partial charge in [-0.1, -0.05) is 12.1 Å². The molecule has 120 valence electrons. The topological polar surface area (TPSA) is 64.3 Å². The molecule has 0 saturated heterocycles. The molecule has 0 heterocycles. The molecular weight excluding hydrogens is 309 g/mol. The SMILES string of the molecule is COCCNC(=O)C[C@H](N)c1cccc(C(F)(F)F)c1.Cl. The van der Waals surface area contributed by atoms with Crippen LogP contribution in [0.5, 0.6) is 0 Å². The van der Waals surface area contributed by atoms with Crippen LogP contribution in [0.15, 0.2) is 24.3 Å². The van der Waals surface area contributed by atoms with E-state index in [9.17, 15) is 18.0 Å². The number of halogens is 4. The highest BCUT2D eigenvalue weighted by atomic mass is 35.5. The van der Waals surface area contributed by atoms with E-state index in [1.807, 2.05) is 0 Å². The molecule has 1 aromatic carbocycles. The molecular formula is C13H18ClF3N2O2. The highest BCUT2D eigenvalue weighted by molar-refractivity contribution is 5.85. The molecule has 3 N–H and O–H groups in total. The average Bonchev–Trinajstić information content (AvgIpc) is 2.38. The summed E-state index contributed by atoms with van der Waals surface area (Å²) in [5.74, 6) is -0.327. The Morgan fingerprint density at radius 2 is 2.10 bits per heavy atom. The molecule has 0 spiro atoms. The number of methoxy groups -OCH3 is 1. The van der Waals surface area contributed by atoms with E-state index in [1.165, 1.54) is 19.2 Å². The largest absolute Gasteiger partial charge is 0.416 e. The summed E-state index contributed by atoms with van der Waals surface area (Å²) < 4.78 is 42.5. The zero-order valence-electron chi connectivity index (χ0n) is 11.4. The van der Waals surface area contributed by atoms with Crippen molar-refractivity contribution in [2.24, 2.45) is 5.73 Å².